The van der Waals surface area contributed by atoms with E-state index < -0.39 is 0 Å². The Kier molecular flexibility index (Phi) is 4.40. The van der Waals surface area contributed by atoms with Gasteiger partial charge in [0.25, 0.3) is 0 Å². The molecular formula is C16H15Br2NO2. The highest BCUT2D eigenvalue weighted by molar-refractivity contribution is 9.10. The van der Waals surface area contributed by atoms with Crippen LogP contribution in [0.2, 0.25) is 0 Å². The van der Waals surface area contributed by atoms with E-state index in [0.29, 0.717) is 6.54 Å². The normalized spacial score (nSPS) is 12.7. The van der Waals surface area contributed by atoms with Crippen LogP contribution in [0.4, 0.5) is 5.69 Å². The van der Waals surface area contributed by atoms with Crippen molar-refractivity contribution in [3.05, 3.63) is 50.4 Å². The van der Waals surface area contributed by atoms with Gasteiger partial charge in [0.05, 0.1) is 19.4 Å². The van der Waals surface area contributed by atoms with Crippen molar-refractivity contribution < 1.29 is 9.47 Å². The average Bonchev–Trinajstić information content (AvgIpc) is 2.93. The number of fused-ring (bicyclic) bond motifs is 1. The summed E-state index contributed by atoms with van der Waals surface area (Å²) in [7, 11) is 1.67. The van der Waals surface area contributed by atoms with Crippen molar-refractivity contribution in [3.8, 4) is 11.5 Å². The zero-order valence-corrected chi connectivity index (χ0v) is 14.8. The largest absolute Gasteiger partial charge is 0.495 e. The molecule has 1 heterocycles. The van der Waals surface area contributed by atoms with Crippen LogP contribution in [0.1, 0.15) is 11.1 Å². The maximum Gasteiger partial charge on any atom is 0.142 e. The molecule has 0 aliphatic carbocycles. The van der Waals surface area contributed by atoms with Crippen LogP contribution in [0.15, 0.2) is 39.3 Å². The smallest absolute Gasteiger partial charge is 0.142 e. The van der Waals surface area contributed by atoms with Crippen LogP contribution < -0.4 is 14.8 Å². The molecule has 2 aromatic carbocycles. The van der Waals surface area contributed by atoms with E-state index in [-0.39, 0.29) is 0 Å². The van der Waals surface area contributed by atoms with Crippen LogP contribution in [-0.2, 0) is 13.0 Å². The third-order valence-electron chi connectivity index (χ3n) is 3.46. The minimum absolute atomic E-state index is 0.689. The molecule has 3 rings (SSSR count). The van der Waals surface area contributed by atoms with Crippen LogP contribution in [0.5, 0.6) is 11.5 Å². The topological polar surface area (TPSA) is 30.5 Å². The van der Waals surface area contributed by atoms with Gasteiger partial charge in [-0.25, -0.2) is 0 Å². The maximum absolute atomic E-state index is 5.75. The van der Waals surface area contributed by atoms with Crippen molar-refractivity contribution in [2.75, 3.05) is 19.0 Å². The van der Waals surface area contributed by atoms with E-state index >= 15 is 0 Å². The lowest BCUT2D eigenvalue weighted by Crippen LogP contribution is -2.03. The summed E-state index contributed by atoms with van der Waals surface area (Å²) in [5, 5.41) is 3.42. The number of nitrogens with one attached hydrogen (secondary N) is 1. The Morgan fingerprint density at radius 3 is 2.86 bits per heavy atom. The molecule has 0 saturated heterocycles. The van der Waals surface area contributed by atoms with Gasteiger partial charge in [0, 0.05) is 27.5 Å². The van der Waals surface area contributed by atoms with Crippen molar-refractivity contribution in [1.29, 1.82) is 0 Å². The first-order valence-electron chi connectivity index (χ1n) is 6.69. The number of hydrogen-bond donors (Lipinski definition) is 1. The Hall–Kier alpha value is -1.20. The zero-order valence-electron chi connectivity index (χ0n) is 11.6. The van der Waals surface area contributed by atoms with Gasteiger partial charge >= 0.3 is 0 Å². The molecule has 0 unspecified atom stereocenters. The first-order chi connectivity index (χ1) is 10.2. The standard InChI is InChI=1S/C16H15Br2NO2/c1-20-15-3-2-12(17)8-14(15)19-9-11-7-13(18)6-10-4-5-21-16(10)11/h2-3,6-8,19H,4-5,9H2,1H3. The van der Waals surface area contributed by atoms with E-state index in [1.807, 2.05) is 18.2 Å². The van der Waals surface area contributed by atoms with Gasteiger partial charge in [-0.15, -0.1) is 0 Å². The summed E-state index contributed by atoms with van der Waals surface area (Å²) in [6, 6.07) is 10.1. The summed E-state index contributed by atoms with van der Waals surface area (Å²) in [6.45, 7) is 1.45. The van der Waals surface area contributed by atoms with Crippen molar-refractivity contribution in [2.45, 2.75) is 13.0 Å². The predicted molar refractivity (Wildman–Crippen MR) is 91.4 cm³/mol. The molecule has 1 N–H and O–H groups in total. The van der Waals surface area contributed by atoms with Crippen LogP contribution >= 0.6 is 31.9 Å². The average molecular weight is 413 g/mol. The number of rotatable bonds is 4. The van der Waals surface area contributed by atoms with E-state index in [2.05, 4.69) is 49.3 Å². The molecule has 21 heavy (non-hydrogen) atoms. The Bertz CT molecular complexity index is 674. The number of methoxy groups -OCH3 is 1. The molecule has 1 aliphatic rings. The molecule has 0 radical (unpaired) electrons. The maximum atomic E-state index is 5.75. The highest BCUT2D eigenvalue weighted by Gasteiger charge is 2.17. The van der Waals surface area contributed by atoms with Crippen LogP contribution in [0.3, 0.4) is 0 Å². The summed E-state index contributed by atoms with van der Waals surface area (Å²) in [6.07, 6.45) is 0.974. The highest BCUT2D eigenvalue weighted by atomic mass is 79.9. The SMILES string of the molecule is COc1ccc(Br)cc1NCc1cc(Br)cc2c1OCC2. The second kappa shape index (κ2) is 6.28. The molecule has 0 fully saturated rings. The predicted octanol–water partition coefficient (Wildman–Crippen LogP) is 4.77. The molecule has 1 aliphatic heterocycles. The third kappa shape index (κ3) is 3.19. The van der Waals surface area contributed by atoms with Crippen molar-refractivity contribution in [1.82, 2.24) is 0 Å². The van der Waals surface area contributed by atoms with E-state index in [0.717, 1.165) is 44.7 Å². The van der Waals surface area contributed by atoms with E-state index in [9.17, 15) is 0 Å². The summed E-state index contributed by atoms with van der Waals surface area (Å²) < 4.78 is 13.2. The summed E-state index contributed by atoms with van der Waals surface area (Å²) >= 11 is 7.05. The van der Waals surface area contributed by atoms with Crippen molar-refractivity contribution in [3.63, 3.8) is 0 Å². The second-order valence-electron chi connectivity index (χ2n) is 4.85. The second-order valence-corrected chi connectivity index (χ2v) is 6.68. The van der Waals surface area contributed by atoms with Crippen LogP contribution in [0, 0.1) is 0 Å². The molecule has 0 bridgehead atoms. The number of halogens is 2. The van der Waals surface area contributed by atoms with Crippen LogP contribution in [-0.4, -0.2) is 13.7 Å². The lowest BCUT2D eigenvalue weighted by Gasteiger charge is -2.14. The first-order valence-corrected chi connectivity index (χ1v) is 8.27. The van der Waals surface area contributed by atoms with Gasteiger partial charge in [-0.3, -0.25) is 0 Å². The molecule has 2 aromatic rings. The fourth-order valence-electron chi connectivity index (χ4n) is 2.49. The number of ether oxygens (including phenoxy) is 2. The number of anilines is 1. The minimum atomic E-state index is 0.689. The van der Waals surface area contributed by atoms with Gasteiger partial charge in [-0.2, -0.15) is 0 Å². The molecule has 0 saturated carbocycles. The number of hydrogen-bond acceptors (Lipinski definition) is 3. The molecule has 0 spiro atoms. The fraction of sp³-hybridized carbons (Fsp3) is 0.250. The third-order valence-corrected chi connectivity index (χ3v) is 4.41. The molecule has 110 valence electrons. The van der Waals surface area contributed by atoms with Crippen molar-refractivity contribution >= 4 is 37.5 Å². The minimum Gasteiger partial charge on any atom is -0.495 e. The molecule has 0 aromatic heterocycles. The molecule has 3 nitrogen and oxygen atoms in total. The Morgan fingerprint density at radius 2 is 2.05 bits per heavy atom. The van der Waals surface area contributed by atoms with E-state index in [4.69, 9.17) is 9.47 Å². The van der Waals surface area contributed by atoms with Gasteiger partial charge in [0.2, 0.25) is 0 Å². The zero-order chi connectivity index (χ0) is 14.8. The van der Waals surface area contributed by atoms with Crippen LogP contribution in [0.25, 0.3) is 0 Å². The van der Waals surface area contributed by atoms with Gasteiger partial charge in [-0.1, -0.05) is 31.9 Å². The van der Waals surface area contributed by atoms with Gasteiger partial charge < -0.3 is 14.8 Å². The highest BCUT2D eigenvalue weighted by Crippen LogP contribution is 2.34. The quantitative estimate of drug-likeness (QED) is 0.784. The Morgan fingerprint density at radius 1 is 1.19 bits per heavy atom. The first kappa shape index (κ1) is 14.7. The van der Waals surface area contributed by atoms with Gasteiger partial charge in [0.15, 0.2) is 0 Å². The summed E-state index contributed by atoms with van der Waals surface area (Å²) in [5.74, 6) is 1.84. The summed E-state index contributed by atoms with van der Waals surface area (Å²) in [4.78, 5) is 0. The Balaban J connectivity index is 1.84. The Labute approximate surface area is 140 Å². The monoisotopic (exact) mass is 411 g/mol. The summed E-state index contributed by atoms with van der Waals surface area (Å²) in [5.41, 5.74) is 3.37. The molecule has 0 atom stereocenters. The van der Waals surface area contributed by atoms with E-state index in [1.54, 1.807) is 7.11 Å². The van der Waals surface area contributed by atoms with Gasteiger partial charge in [0.1, 0.15) is 11.5 Å². The van der Waals surface area contributed by atoms with Gasteiger partial charge in [-0.05, 0) is 35.9 Å². The van der Waals surface area contributed by atoms with Crippen molar-refractivity contribution in [2.24, 2.45) is 0 Å². The lowest BCUT2D eigenvalue weighted by atomic mass is 10.1. The fourth-order valence-corrected chi connectivity index (χ4v) is 3.40. The lowest BCUT2D eigenvalue weighted by molar-refractivity contribution is 0.353. The molecule has 5 heteroatoms. The molecular weight excluding hydrogens is 398 g/mol. The van der Waals surface area contributed by atoms with E-state index in [1.165, 1.54) is 5.56 Å². The molecule has 0 amide bonds. The number of benzene rings is 2.